The molecule has 0 aliphatic carbocycles. The second-order valence-electron chi connectivity index (χ2n) is 8.27. The first kappa shape index (κ1) is 19.6. The molecule has 9 heteroatoms. The van der Waals surface area contributed by atoms with E-state index in [9.17, 15) is 5.11 Å². The van der Waals surface area contributed by atoms with Gasteiger partial charge in [-0.3, -0.25) is 5.10 Å². The number of aromatic nitrogens is 4. The third-order valence-corrected chi connectivity index (χ3v) is 5.02. The third kappa shape index (κ3) is 3.52. The van der Waals surface area contributed by atoms with E-state index in [1.807, 2.05) is 51.1 Å². The van der Waals surface area contributed by atoms with Crippen LogP contribution in [0, 0.1) is 6.57 Å². The number of nitrogens with zero attached hydrogens (tertiary/aromatic N) is 7. The van der Waals surface area contributed by atoms with Crippen molar-refractivity contribution in [2.45, 2.75) is 39.0 Å². The highest BCUT2D eigenvalue weighted by Crippen LogP contribution is 2.42. The Labute approximate surface area is 174 Å². The smallest absolute Gasteiger partial charge is 0.255 e. The Hall–Kier alpha value is -3.67. The molecule has 3 aromatic rings. The summed E-state index contributed by atoms with van der Waals surface area (Å²) in [6.07, 6.45) is 2.12. The fourth-order valence-corrected chi connectivity index (χ4v) is 3.50. The van der Waals surface area contributed by atoms with Crippen LogP contribution in [0.15, 0.2) is 40.6 Å². The second-order valence-corrected chi connectivity index (χ2v) is 8.27. The number of hydrogen-bond donors (Lipinski definition) is 2. The maximum Gasteiger partial charge on any atom is 0.255 e. The largest absolute Gasteiger partial charge is 0.492 e. The van der Waals surface area contributed by atoms with E-state index >= 15 is 0 Å². The zero-order valence-electron chi connectivity index (χ0n) is 17.3. The average molecular weight is 404 g/mol. The van der Waals surface area contributed by atoms with E-state index in [-0.39, 0.29) is 22.8 Å². The minimum atomic E-state index is -0.300. The van der Waals surface area contributed by atoms with Crippen LogP contribution in [0.3, 0.4) is 0 Å². The summed E-state index contributed by atoms with van der Waals surface area (Å²) in [4.78, 5) is 5.69. The SMILES string of the molecule is [C-]#[N+]c1c(C(C)(C)C)n[nH]c1/N=N/c1c(N2CCCC2)nn(-c2ccccc2)c1O. The summed E-state index contributed by atoms with van der Waals surface area (Å²) >= 11 is 0. The number of para-hydroxylation sites is 1. The summed E-state index contributed by atoms with van der Waals surface area (Å²) < 4.78 is 1.46. The van der Waals surface area contributed by atoms with Crippen molar-refractivity contribution < 1.29 is 5.11 Å². The Morgan fingerprint density at radius 1 is 1.13 bits per heavy atom. The van der Waals surface area contributed by atoms with Crippen molar-refractivity contribution in [3.8, 4) is 11.6 Å². The molecule has 0 amide bonds. The molecule has 0 saturated carbocycles. The van der Waals surface area contributed by atoms with Crippen LogP contribution in [0.4, 0.5) is 23.0 Å². The van der Waals surface area contributed by atoms with Gasteiger partial charge in [-0.05, 0) is 30.4 Å². The molecule has 1 saturated heterocycles. The van der Waals surface area contributed by atoms with E-state index in [1.54, 1.807) is 0 Å². The molecule has 1 aromatic carbocycles. The molecule has 1 aliphatic rings. The molecule has 0 spiro atoms. The lowest BCUT2D eigenvalue weighted by molar-refractivity contribution is 0.434. The zero-order valence-corrected chi connectivity index (χ0v) is 17.3. The third-order valence-electron chi connectivity index (χ3n) is 5.02. The van der Waals surface area contributed by atoms with Crippen molar-refractivity contribution in [1.29, 1.82) is 0 Å². The molecule has 3 heterocycles. The van der Waals surface area contributed by atoms with Crippen LogP contribution in [-0.2, 0) is 5.41 Å². The standard InChI is InChI=1S/C21H24N8O/c1-21(2,3)17-15(22-4)18(26-24-17)25-23-16-19(28-12-8-9-13-28)27-29(20(16)30)14-10-6-5-7-11-14/h5-7,10-11,30H,8-9,12-13H2,1-3H3,(H,24,26)/b25-23+. The summed E-state index contributed by atoms with van der Waals surface area (Å²) in [6.45, 7) is 15.2. The Bertz CT molecular complexity index is 1110. The number of aromatic hydroxyl groups is 1. The second kappa shape index (κ2) is 7.63. The van der Waals surface area contributed by atoms with Crippen molar-refractivity contribution in [3.05, 3.63) is 47.4 Å². The fourth-order valence-electron chi connectivity index (χ4n) is 3.50. The topological polar surface area (TPSA) is 99.0 Å². The highest BCUT2D eigenvalue weighted by Gasteiger charge is 2.27. The van der Waals surface area contributed by atoms with E-state index in [0.717, 1.165) is 31.6 Å². The number of benzene rings is 1. The van der Waals surface area contributed by atoms with Crippen molar-refractivity contribution in [2.24, 2.45) is 10.2 Å². The first-order valence-electron chi connectivity index (χ1n) is 9.90. The number of aromatic amines is 1. The monoisotopic (exact) mass is 404 g/mol. The minimum Gasteiger partial charge on any atom is -0.492 e. The quantitative estimate of drug-likeness (QED) is 0.463. The molecule has 0 bridgehead atoms. The fraction of sp³-hybridized carbons (Fsp3) is 0.381. The van der Waals surface area contributed by atoms with Gasteiger partial charge in [0, 0.05) is 13.1 Å². The normalized spacial score (nSPS) is 14.5. The Balaban J connectivity index is 1.78. The van der Waals surface area contributed by atoms with Crippen LogP contribution < -0.4 is 4.90 Å². The van der Waals surface area contributed by atoms with Gasteiger partial charge in [-0.1, -0.05) is 39.0 Å². The number of hydrogen-bond acceptors (Lipinski definition) is 6. The van der Waals surface area contributed by atoms with Crippen molar-refractivity contribution in [3.63, 3.8) is 0 Å². The van der Waals surface area contributed by atoms with Gasteiger partial charge in [0.25, 0.3) is 5.69 Å². The van der Waals surface area contributed by atoms with Gasteiger partial charge in [-0.15, -0.1) is 15.3 Å². The lowest BCUT2D eigenvalue weighted by Crippen LogP contribution is -2.18. The van der Waals surface area contributed by atoms with E-state index in [4.69, 9.17) is 6.57 Å². The highest BCUT2D eigenvalue weighted by molar-refractivity contribution is 5.71. The van der Waals surface area contributed by atoms with Crippen LogP contribution in [-0.4, -0.2) is 38.2 Å². The molecule has 1 aliphatic heterocycles. The van der Waals surface area contributed by atoms with Gasteiger partial charge in [0.2, 0.25) is 5.88 Å². The molecular formula is C21H24N8O. The van der Waals surface area contributed by atoms with Crippen LogP contribution in [0.1, 0.15) is 39.3 Å². The van der Waals surface area contributed by atoms with Gasteiger partial charge >= 0.3 is 0 Å². The minimum absolute atomic E-state index is 0.0910. The molecule has 0 radical (unpaired) electrons. The number of nitrogens with one attached hydrogen (secondary N) is 1. The van der Waals surface area contributed by atoms with Gasteiger partial charge in [0.05, 0.1) is 18.0 Å². The molecule has 0 unspecified atom stereocenters. The molecule has 1 fully saturated rings. The number of H-pyrrole nitrogens is 1. The maximum atomic E-state index is 10.9. The van der Waals surface area contributed by atoms with Crippen molar-refractivity contribution >= 4 is 23.0 Å². The Morgan fingerprint density at radius 2 is 1.83 bits per heavy atom. The maximum absolute atomic E-state index is 10.9. The average Bonchev–Trinajstić information content (AvgIpc) is 3.45. The molecular weight excluding hydrogens is 380 g/mol. The zero-order chi connectivity index (χ0) is 21.3. The lowest BCUT2D eigenvalue weighted by Gasteiger charge is -2.15. The number of azo groups is 1. The predicted molar refractivity (Wildman–Crippen MR) is 114 cm³/mol. The molecule has 9 nitrogen and oxygen atoms in total. The van der Waals surface area contributed by atoms with Crippen LogP contribution in [0.25, 0.3) is 10.5 Å². The van der Waals surface area contributed by atoms with Crippen LogP contribution >= 0.6 is 0 Å². The molecule has 154 valence electrons. The number of anilines is 1. The predicted octanol–water partition coefficient (Wildman–Crippen LogP) is 5.16. The highest BCUT2D eigenvalue weighted by atomic mass is 16.3. The van der Waals surface area contributed by atoms with Crippen LogP contribution in [0.2, 0.25) is 0 Å². The van der Waals surface area contributed by atoms with E-state index in [0.29, 0.717) is 17.2 Å². The lowest BCUT2D eigenvalue weighted by atomic mass is 9.91. The molecule has 4 rings (SSSR count). The number of rotatable bonds is 4. The van der Waals surface area contributed by atoms with Gasteiger partial charge < -0.3 is 10.0 Å². The van der Waals surface area contributed by atoms with Gasteiger partial charge in [-0.2, -0.15) is 9.78 Å². The molecule has 2 N–H and O–H groups in total. The van der Waals surface area contributed by atoms with E-state index in [1.165, 1.54) is 4.68 Å². The van der Waals surface area contributed by atoms with Crippen molar-refractivity contribution in [2.75, 3.05) is 18.0 Å². The first-order chi connectivity index (χ1) is 14.4. The van der Waals surface area contributed by atoms with Gasteiger partial charge in [0.15, 0.2) is 17.3 Å². The first-order valence-corrected chi connectivity index (χ1v) is 9.90. The molecule has 30 heavy (non-hydrogen) atoms. The summed E-state index contributed by atoms with van der Waals surface area (Å²) in [7, 11) is 0. The van der Waals surface area contributed by atoms with Gasteiger partial charge in [-0.25, -0.2) is 4.85 Å². The summed E-state index contributed by atoms with van der Waals surface area (Å²) in [5.74, 6) is 0.762. The molecule has 0 atom stereocenters. The van der Waals surface area contributed by atoms with E-state index in [2.05, 4.69) is 35.3 Å². The Morgan fingerprint density at radius 3 is 2.47 bits per heavy atom. The van der Waals surface area contributed by atoms with Crippen LogP contribution in [0.5, 0.6) is 5.88 Å². The summed E-state index contributed by atoms with van der Waals surface area (Å²) in [5, 5.41) is 31.1. The molecule has 2 aromatic heterocycles. The van der Waals surface area contributed by atoms with Gasteiger partial charge in [0.1, 0.15) is 0 Å². The van der Waals surface area contributed by atoms with Crippen molar-refractivity contribution in [1.82, 2.24) is 20.0 Å². The summed E-state index contributed by atoms with van der Waals surface area (Å²) in [5.41, 5.74) is 1.68. The Kier molecular flexibility index (Phi) is 4.99. The summed E-state index contributed by atoms with van der Waals surface area (Å²) in [6, 6.07) is 9.40. The van der Waals surface area contributed by atoms with E-state index < -0.39 is 0 Å².